The molecule has 0 amide bonds. The molecule has 0 radical (unpaired) electrons. The number of aromatic amines is 1. The van der Waals surface area contributed by atoms with E-state index in [1.165, 1.54) is 12.1 Å². The number of aryl methyl sites for hydroxylation is 1. The minimum atomic E-state index is -0.213. The highest BCUT2D eigenvalue weighted by Gasteiger charge is 2.07. The summed E-state index contributed by atoms with van der Waals surface area (Å²) < 4.78 is 12.9. The second kappa shape index (κ2) is 4.96. The predicted octanol–water partition coefficient (Wildman–Crippen LogP) is 4.18. The fourth-order valence-corrected chi connectivity index (χ4v) is 2.31. The first-order chi connectivity index (χ1) is 9.61. The zero-order valence-electron chi connectivity index (χ0n) is 11.4. The summed E-state index contributed by atoms with van der Waals surface area (Å²) in [6.45, 7) is 3.99. The van der Waals surface area contributed by atoms with Gasteiger partial charge in [0.25, 0.3) is 0 Å². The van der Waals surface area contributed by atoms with Gasteiger partial charge in [-0.1, -0.05) is 12.1 Å². The molecule has 2 N–H and O–H groups in total. The number of anilines is 1. The van der Waals surface area contributed by atoms with Crippen LogP contribution in [-0.2, 0) is 0 Å². The Morgan fingerprint density at radius 1 is 1.15 bits per heavy atom. The lowest BCUT2D eigenvalue weighted by molar-refractivity contribution is 0.626. The first-order valence-corrected chi connectivity index (χ1v) is 6.60. The summed E-state index contributed by atoms with van der Waals surface area (Å²) in [4.78, 5) is 7.59. The maximum Gasteiger partial charge on any atom is 0.123 e. The zero-order chi connectivity index (χ0) is 14.1. The topological polar surface area (TPSA) is 40.7 Å². The van der Waals surface area contributed by atoms with Crippen LogP contribution >= 0.6 is 0 Å². The van der Waals surface area contributed by atoms with Crippen molar-refractivity contribution in [3.05, 3.63) is 59.7 Å². The van der Waals surface area contributed by atoms with Crippen LogP contribution in [0.4, 0.5) is 10.1 Å². The molecule has 0 spiro atoms. The maximum atomic E-state index is 12.9. The van der Waals surface area contributed by atoms with Crippen LogP contribution in [-0.4, -0.2) is 9.97 Å². The van der Waals surface area contributed by atoms with Gasteiger partial charge in [0.05, 0.1) is 11.0 Å². The Bertz CT molecular complexity index is 731. The van der Waals surface area contributed by atoms with Crippen LogP contribution in [0, 0.1) is 12.7 Å². The number of imidazole rings is 1. The average molecular weight is 269 g/mol. The van der Waals surface area contributed by atoms with Crippen LogP contribution < -0.4 is 5.32 Å². The minimum absolute atomic E-state index is 0.108. The SMILES string of the molecule is Cc1nc2ccc(NC(C)c3ccc(F)cc3)cc2[nH]1. The van der Waals surface area contributed by atoms with E-state index in [-0.39, 0.29) is 11.9 Å². The normalized spacial score (nSPS) is 12.6. The number of benzene rings is 2. The third-order valence-electron chi connectivity index (χ3n) is 3.35. The van der Waals surface area contributed by atoms with Crippen molar-refractivity contribution in [3.63, 3.8) is 0 Å². The van der Waals surface area contributed by atoms with Crippen molar-refractivity contribution in [1.29, 1.82) is 0 Å². The van der Waals surface area contributed by atoms with Gasteiger partial charge in [-0.25, -0.2) is 9.37 Å². The molecule has 1 unspecified atom stereocenters. The summed E-state index contributed by atoms with van der Waals surface area (Å²) in [6.07, 6.45) is 0. The van der Waals surface area contributed by atoms with Gasteiger partial charge in [0.15, 0.2) is 0 Å². The van der Waals surface area contributed by atoms with Crippen LogP contribution in [0.25, 0.3) is 11.0 Å². The molecule has 0 saturated carbocycles. The number of H-pyrrole nitrogens is 1. The van der Waals surface area contributed by atoms with Crippen molar-refractivity contribution < 1.29 is 4.39 Å². The molecule has 1 aromatic heterocycles. The average Bonchev–Trinajstić information content (AvgIpc) is 2.78. The van der Waals surface area contributed by atoms with Gasteiger partial charge in [-0.3, -0.25) is 0 Å². The van der Waals surface area contributed by atoms with E-state index in [4.69, 9.17) is 0 Å². The number of rotatable bonds is 3. The van der Waals surface area contributed by atoms with Crippen molar-refractivity contribution in [2.75, 3.05) is 5.32 Å². The molecule has 4 heteroatoms. The Labute approximate surface area is 116 Å². The summed E-state index contributed by atoms with van der Waals surface area (Å²) >= 11 is 0. The van der Waals surface area contributed by atoms with Crippen LogP contribution in [0.5, 0.6) is 0 Å². The van der Waals surface area contributed by atoms with E-state index in [1.807, 2.05) is 25.1 Å². The van der Waals surface area contributed by atoms with Crippen LogP contribution in [0.2, 0.25) is 0 Å². The number of halogens is 1. The molecule has 20 heavy (non-hydrogen) atoms. The third-order valence-corrected chi connectivity index (χ3v) is 3.35. The van der Waals surface area contributed by atoms with Gasteiger partial charge in [0, 0.05) is 11.7 Å². The van der Waals surface area contributed by atoms with Gasteiger partial charge in [-0.15, -0.1) is 0 Å². The molecule has 2 aromatic carbocycles. The summed E-state index contributed by atoms with van der Waals surface area (Å²) in [5.74, 6) is 0.694. The molecule has 3 aromatic rings. The van der Waals surface area contributed by atoms with E-state index < -0.39 is 0 Å². The molecule has 0 aliphatic heterocycles. The molecule has 0 aliphatic rings. The molecule has 1 heterocycles. The summed E-state index contributed by atoms with van der Waals surface area (Å²) in [6, 6.07) is 12.7. The minimum Gasteiger partial charge on any atom is -0.378 e. The fourth-order valence-electron chi connectivity index (χ4n) is 2.31. The van der Waals surface area contributed by atoms with Gasteiger partial charge in [0.1, 0.15) is 11.6 Å². The Hall–Kier alpha value is -2.36. The molecule has 3 rings (SSSR count). The van der Waals surface area contributed by atoms with E-state index in [0.29, 0.717) is 0 Å². The molecule has 0 saturated heterocycles. The molecule has 0 fully saturated rings. The first kappa shape index (κ1) is 12.7. The second-order valence-corrected chi connectivity index (χ2v) is 4.97. The third kappa shape index (κ3) is 2.50. The maximum absolute atomic E-state index is 12.9. The number of nitrogens with zero attached hydrogens (tertiary/aromatic N) is 1. The van der Waals surface area contributed by atoms with Crippen molar-refractivity contribution in [2.45, 2.75) is 19.9 Å². The number of hydrogen-bond donors (Lipinski definition) is 2. The standard InChI is InChI=1S/C16H16FN3/c1-10(12-3-5-13(17)6-4-12)18-14-7-8-15-16(9-14)20-11(2)19-15/h3-10,18H,1-2H3,(H,19,20). The number of hydrogen-bond acceptors (Lipinski definition) is 2. The highest BCUT2D eigenvalue weighted by Crippen LogP contribution is 2.22. The van der Waals surface area contributed by atoms with Crippen molar-refractivity contribution >= 4 is 16.7 Å². The van der Waals surface area contributed by atoms with Gasteiger partial charge >= 0.3 is 0 Å². The van der Waals surface area contributed by atoms with E-state index in [2.05, 4.69) is 22.2 Å². The Morgan fingerprint density at radius 2 is 1.90 bits per heavy atom. The monoisotopic (exact) mass is 269 g/mol. The molecule has 102 valence electrons. The van der Waals surface area contributed by atoms with Gasteiger partial charge < -0.3 is 10.3 Å². The molecular weight excluding hydrogens is 253 g/mol. The lowest BCUT2D eigenvalue weighted by Gasteiger charge is -2.15. The number of nitrogens with one attached hydrogen (secondary N) is 2. The predicted molar refractivity (Wildman–Crippen MR) is 79.3 cm³/mol. The van der Waals surface area contributed by atoms with Gasteiger partial charge in [-0.05, 0) is 49.7 Å². The summed E-state index contributed by atoms with van der Waals surface area (Å²) in [5, 5.41) is 3.41. The van der Waals surface area contributed by atoms with Crippen molar-refractivity contribution in [2.24, 2.45) is 0 Å². The lowest BCUT2D eigenvalue weighted by atomic mass is 10.1. The molecule has 1 atom stereocenters. The highest BCUT2D eigenvalue weighted by molar-refractivity contribution is 5.79. The second-order valence-electron chi connectivity index (χ2n) is 4.97. The molecule has 0 aliphatic carbocycles. The van der Waals surface area contributed by atoms with Crippen LogP contribution in [0.1, 0.15) is 24.4 Å². The molecular formula is C16H16FN3. The van der Waals surface area contributed by atoms with E-state index in [1.54, 1.807) is 12.1 Å². The van der Waals surface area contributed by atoms with Crippen LogP contribution in [0.15, 0.2) is 42.5 Å². The van der Waals surface area contributed by atoms with E-state index >= 15 is 0 Å². The Kier molecular flexibility index (Phi) is 3.14. The Balaban J connectivity index is 1.82. The number of aromatic nitrogens is 2. The fraction of sp³-hybridized carbons (Fsp3) is 0.188. The summed E-state index contributed by atoms with van der Waals surface area (Å²) in [5.41, 5.74) is 4.03. The van der Waals surface area contributed by atoms with E-state index in [0.717, 1.165) is 28.1 Å². The molecule has 3 nitrogen and oxygen atoms in total. The lowest BCUT2D eigenvalue weighted by Crippen LogP contribution is -2.06. The number of fused-ring (bicyclic) bond motifs is 1. The van der Waals surface area contributed by atoms with Gasteiger partial charge in [-0.2, -0.15) is 0 Å². The summed E-state index contributed by atoms with van der Waals surface area (Å²) in [7, 11) is 0. The quantitative estimate of drug-likeness (QED) is 0.748. The van der Waals surface area contributed by atoms with Crippen molar-refractivity contribution in [1.82, 2.24) is 9.97 Å². The largest absolute Gasteiger partial charge is 0.378 e. The molecule has 0 bridgehead atoms. The smallest absolute Gasteiger partial charge is 0.123 e. The Morgan fingerprint density at radius 3 is 2.65 bits per heavy atom. The van der Waals surface area contributed by atoms with Crippen molar-refractivity contribution in [3.8, 4) is 0 Å². The van der Waals surface area contributed by atoms with Crippen LogP contribution in [0.3, 0.4) is 0 Å². The zero-order valence-corrected chi connectivity index (χ0v) is 11.4. The van der Waals surface area contributed by atoms with E-state index in [9.17, 15) is 4.39 Å². The highest BCUT2D eigenvalue weighted by atomic mass is 19.1. The van der Waals surface area contributed by atoms with Gasteiger partial charge in [0.2, 0.25) is 0 Å². The first-order valence-electron chi connectivity index (χ1n) is 6.60.